The van der Waals surface area contributed by atoms with Crippen LogP contribution in [-0.2, 0) is 6.18 Å². The number of non-ortho nitro benzene ring substituents is 1. The van der Waals surface area contributed by atoms with Crippen molar-refractivity contribution >= 4 is 17.1 Å². The molecule has 0 aliphatic carbocycles. The number of piperazine rings is 1. The minimum Gasteiger partial charge on any atom is -0.367 e. The number of alkyl halides is 3. The number of benzene rings is 1. The predicted octanol–water partition coefficient (Wildman–Crippen LogP) is 3.89. The van der Waals surface area contributed by atoms with Gasteiger partial charge < -0.3 is 9.80 Å². The van der Waals surface area contributed by atoms with Gasteiger partial charge >= 0.3 is 6.18 Å². The first-order valence-corrected chi connectivity index (χ1v) is 8.06. The third kappa shape index (κ3) is 3.89. The highest BCUT2D eigenvalue weighted by Gasteiger charge is 2.37. The van der Waals surface area contributed by atoms with Gasteiger partial charge in [0.1, 0.15) is 5.69 Å². The van der Waals surface area contributed by atoms with Crippen molar-refractivity contribution in [2.45, 2.75) is 6.18 Å². The average molecular weight is 424 g/mol. The quantitative estimate of drug-likeness (QED) is 0.324. The van der Waals surface area contributed by atoms with E-state index in [4.69, 9.17) is 0 Å². The molecule has 3 rings (SSSR count). The van der Waals surface area contributed by atoms with Crippen LogP contribution in [-0.4, -0.2) is 36.1 Å². The number of pyridine rings is 1. The van der Waals surface area contributed by atoms with Crippen LogP contribution in [0.1, 0.15) is 5.56 Å². The topological polar surface area (TPSA) is 62.5 Å². The summed E-state index contributed by atoms with van der Waals surface area (Å²) in [5, 5.41) is 10.8. The van der Waals surface area contributed by atoms with Crippen molar-refractivity contribution in [1.29, 1.82) is 0 Å². The molecule has 2 heterocycles. The standard InChI is InChI=1S/C16H11F7N4O2/c17-11-13(12(18)15(20)24-14(11)19)26-5-3-25(4-6-26)10-2-1-8(27(28)29)7-9(10)16(21,22)23/h1-2,7H,3-6H2. The van der Waals surface area contributed by atoms with Crippen molar-refractivity contribution in [3.63, 3.8) is 0 Å². The fourth-order valence-electron chi connectivity index (χ4n) is 3.07. The molecule has 0 spiro atoms. The minimum atomic E-state index is -4.88. The molecule has 0 N–H and O–H groups in total. The van der Waals surface area contributed by atoms with Gasteiger partial charge in [0.25, 0.3) is 17.6 Å². The number of nitro benzene ring substituents is 1. The third-order valence-corrected chi connectivity index (χ3v) is 4.41. The van der Waals surface area contributed by atoms with Gasteiger partial charge in [0.15, 0.2) is 0 Å². The number of nitro groups is 1. The largest absolute Gasteiger partial charge is 0.418 e. The lowest BCUT2D eigenvalue weighted by Gasteiger charge is -2.38. The summed E-state index contributed by atoms with van der Waals surface area (Å²) >= 11 is 0. The average Bonchev–Trinajstić information content (AvgIpc) is 2.66. The molecular formula is C16H11F7N4O2. The monoisotopic (exact) mass is 424 g/mol. The fourth-order valence-corrected chi connectivity index (χ4v) is 3.07. The first-order valence-electron chi connectivity index (χ1n) is 8.06. The van der Waals surface area contributed by atoms with Crippen LogP contribution in [0, 0.1) is 33.6 Å². The van der Waals surface area contributed by atoms with Crippen molar-refractivity contribution in [3.05, 3.63) is 57.4 Å². The molecule has 29 heavy (non-hydrogen) atoms. The van der Waals surface area contributed by atoms with Crippen molar-refractivity contribution in [2.24, 2.45) is 0 Å². The predicted molar refractivity (Wildman–Crippen MR) is 86.6 cm³/mol. The summed E-state index contributed by atoms with van der Waals surface area (Å²) in [6, 6.07) is 2.24. The number of hydrogen-bond donors (Lipinski definition) is 0. The number of hydrogen-bond acceptors (Lipinski definition) is 5. The fraction of sp³-hybridized carbons (Fsp3) is 0.312. The van der Waals surface area contributed by atoms with E-state index in [2.05, 4.69) is 4.98 Å². The molecular weight excluding hydrogens is 413 g/mol. The maximum atomic E-state index is 13.9. The van der Waals surface area contributed by atoms with Crippen LogP contribution in [0.15, 0.2) is 18.2 Å². The number of aromatic nitrogens is 1. The molecule has 0 saturated carbocycles. The smallest absolute Gasteiger partial charge is 0.367 e. The third-order valence-electron chi connectivity index (χ3n) is 4.41. The van der Waals surface area contributed by atoms with E-state index in [1.54, 1.807) is 0 Å². The van der Waals surface area contributed by atoms with E-state index in [-0.39, 0.29) is 31.9 Å². The number of nitrogens with zero attached hydrogens (tertiary/aromatic N) is 4. The molecule has 0 amide bonds. The van der Waals surface area contributed by atoms with Crippen LogP contribution in [0.2, 0.25) is 0 Å². The van der Waals surface area contributed by atoms with Gasteiger partial charge in [0.2, 0.25) is 11.6 Å². The van der Waals surface area contributed by atoms with E-state index >= 15 is 0 Å². The zero-order valence-corrected chi connectivity index (χ0v) is 14.3. The maximum absolute atomic E-state index is 13.9. The van der Waals surface area contributed by atoms with Crippen LogP contribution in [0.3, 0.4) is 0 Å². The Morgan fingerprint density at radius 1 is 0.931 bits per heavy atom. The summed E-state index contributed by atoms with van der Waals surface area (Å²) < 4.78 is 94.3. The van der Waals surface area contributed by atoms with E-state index in [1.807, 2.05) is 0 Å². The Kier molecular flexibility index (Phi) is 5.24. The second-order valence-electron chi connectivity index (χ2n) is 6.10. The molecule has 1 aliphatic heterocycles. The van der Waals surface area contributed by atoms with Gasteiger partial charge in [-0.1, -0.05) is 0 Å². The van der Waals surface area contributed by atoms with Gasteiger partial charge in [-0.2, -0.15) is 35.7 Å². The molecule has 156 valence electrons. The van der Waals surface area contributed by atoms with Gasteiger partial charge in [-0.25, -0.2) is 0 Å². The molecule has 13 heteroatoms. The molecule has 2 aromatic rings. The molecule has 1 aromatic carbocycles. The Morgan fingerprint density at radius 2 is 1.45 bits per heavy atom. The van der Waals surface area contributed by atoms with Gasteiger partial charge in [-0.15, -0.1) is 0 Å². The highest BCUT2D eigenvalue weighted by atomic mass is 19.4. The second kappa shape index (κ2) is 7.37. The molecule has 1 aromatic heterocycles. The van der Waals surface area contributed by atoms with Crippen LogP contribution < -0.4 is 9.80 Å². The van der Waals surface area contributed by atoms with Crippen molar-refractivity contribution in [3.8, 4) is 0 Å². The lowest BCUT2D eigenvalue weighted by atomic mass is 10.1. The molecule has 1 aliphatic rings. The van der Waals surface area contributed by atoms with Gasteiger partial charge in [-0.05, 0) is 6.07 Å². The van der Waals surface area contributed by atoms with Crippen molar-refractivity contribution < 1.29 is 35.7 Å². The summed E-state index contributed by atoms with van der Waals surface area (Å²) in [6.07, 6.45) is -4.88. The van der Waals surface area contributed by atoms with Gasteiger partial charge in [0, 0.05) is 44.0 Å². The normalized spacial score (nSPS) is 15.0. The molecule has 1 fully saturated rings. The summed E-state index contributed by atoms with van der Waals surface area (Å²) in [5.74, 6) is -7.08. The number of rotatable bonds is 3. The Hall–Kier alpha value is -3.12. The first-order chi connectivity index (χ1) is 13.5. The van der Waals surface area contributed by atoms with Crippen LogP contribution in [0.25, 0.3) is 0 Å². The van der Waals surface area contributed by atoms with Crippen molar-refractivity contribution in [2.75, 3.05) is 36.0 Å². The molecule has 0 radical (unpaired) electrons. The molecule has 0 unspecified atom stereocenters. The number of anilines is 2. The zero-order chi connectivity index (χ0) is 21.5. The highest BCUT2D eigenvalue weighted by molar-refractivity contribution is 5.60. The van der Waals surface area contributed by atoms with Crippen LogP contribution in [0.4, 0.5) is 47.8 Å². The zero-order valence-electron chi connectivity index (χ0n) is 14.3. The van der Waals surface area contributed by atoms with E-state index in [0.717, 1.165) is 17.0 Å². The Bertz CT molecular complexity index is 933. The van der Waals surface area contributed by atoms with Gasteiger partial charge in [0.05, 0.1) is 10.5 Å². The maximum Gasteiger partial charge on any atom is 0.418 e. The Labute approximate surface area is 158 Å². The molecule has 0 bridgehead atoms. The SMILES string of the molecule is O=[N+]([O-])c1ccc(N2CCN(c3c(F)c(F)nc(F)c3F)CC2)c(C(F)(F)F)c1. The molecule has 6 nitrogen and oxygen atoms in total. The lowest BCUT2D eigenvalue weighted by molar-refractivity contribution is -0.385. The first kappa shape index (κ1) is 20.6. The Morgan fingerprint density at radius 3 is 1.93 bits per heavy atom. The summed E-state index contributed by atoms with van der Waals surface area (Å²) in [7, 11) is 0. The summed E-state index contributed by atoms with van der Waals surface area (Å²) in [4.78, 5) is 14.4. The van der Waals surface area contributed by atoms with Crippen LogP contribution >= 0.6 is 0 Å². The number of halogens is 7. The van der Waals surface area contributed by atoms with Crippen molar-refractivity contribution in [1.82, 2.24) is 4.98 Å². The van der Waals surface area contributed by atoms with Gasteiger partial charge in [-0.3, -0.25) is 10.1 Å². The van der Waals surface area contributed by atoms with Crippen LogP contribution in [0.5, 0.6) is 0 Å². The van der Waals surface area contributed by atoms with E-state index in [1.165, 1.54) is 4.90 Å². The van der Waals surface area contributed by atoms with E-state index in [9.17, 15) is 40.8 Å². The summed E-state index contributed by atoms with van der Waals surface area (Å²) in [5.41, 5.74) is -3.32. The molecule has 1 saturated heterocycles. The van der Waals surface area contributed by atoms with E-state index in [0.29, 0.717) is 6.07 Å². The summed E-state index contributed by atoms with van der Waals surface area (Å²) in [6.45, 7) is -0.896. The molecule has 0 atom stereocenters. The second-order valence-corrected chi connectivity index (χ2v) is 6.10. The minimum absolute atomic E-state index is 0.189. The lowest BCUT2D eigenvalue weighted by Crippen LogP contribution is -2.47. The highest BCUT2D eigenvalue weighted by Crippen LogP contribution is 2.39. The van der Waals surface area contributed by atoms with E-state index < -0.39 is 51.6 Å². The Balaban J connectivity index is 1.88.